The number of hydrogen-bond donors (Lipinski definition) is 3. The predicted octanol–water partition coefficient (Wildman–Crippen LogP) is -0.854. The number of anilines is 1. The van der Waals surface area contributed by atoms with E-state index in [0.29, 0.717) is 18.8 Å². The van der Waals surface area contributed by atoms with Gasteiger partial charge in [-0.3, -0.25) is 9.89 Å². The molecule has 0 radical (unpaired) electrons. The van der Waals surface area contributed by atoms with Gasteiger partial charge in [0.05, 0.1) is 6.26 Å². The van der Waals surface area contributed by atoms with Gasteiger partial charge in [0, 0.05) is 25.2 Å². The molecule has 2 rings (SSSR count). The molecular weight excluding hydrogens is 270 g/mol. The monoisotopic (exact) mass is 287 g/mol. The summed E-state index contributed by atoms with van der Waals surface area (Å²) in [7, 11) is -3.26. The predicted molar refractivity (Wildman–Crippen MR) is 69.9 cm³/mol. The van der Waals surface area contributed by atoms with Crippen LogP contribution >= 0.6 is 0 Å². The highest BCUT2D eigenvalue weighted by atomic mass is 32.2. The summed E-state index contributed by atoms with van der Waals surface area (Å²) < 4.78 is 24.9. The molecule has 19 heavy (non-hydrogen) atoms. The number of nitrogens with one attached hydrogen (secondary N) is 2. The van der Waals surface area contributed by atoms with Crippen molar-refractivity contribution >= 4 is 21.7 Å². The van der Waals surface area contributed by atoms with Crippen molar-refractivity contribution in [3.05, 3.63) is 11.8 Å². The summed E-state index contributed by atoms with van der Waals surface area (Å²) in [6.45, 7) is 0.949. The maximum atomic E-state index is 12.1. The minimum atomic E-state index is -3.26. The number of nitrogens with zero attached hydrogens (tertiary/aromatic N) is 2. The molecule has 4 N–H and O–H groups in total. The molecule has 1 aromatic heterocycles. The van der Waals surface area contributed by atoms with Crippen molar-refractivity contribution in [1.29, 1.82) is 0 Å². The lowest BCUT2D eigenvalue weighted by atomic mass is 10.1. The van der Waals surface area contributed by atoms with Gasteiger partial charge in [-0.15, -0.1) is 0 Å². The van der Waals surface area contributed by atoms with Gasteiger partial charge in [0.15, 0.2) is 0 Å². The molecule has 0 spiro atoms. The third-order valence-electron chi connectivity index (χ3n) is 2.92. The summed E-state index contributed by atoms with van der Waals surface area (Å²) in [5, 5.41) is 6.27. The van der Waals surface area contributed by atoms with E-state index in [-0.39, 0.29) is 17.8 Å². The van der Waals surface area contributed by atoms with Crippen LogP contribution in [0.15, 0.2) is 6.07 Å². The molecule has 1 aliphatic heterocycles. The van der Waals surface area contributed by atoms with Crippen molar-refractivity contribution < 1.29 is 13.2 Å². The number of aromatic nitrogens is 2. The Bertz CT molecular complexity index is 567. The van der Waals surface area contributed by atoms with Gasteiger partial charge in [0.1, 0.15) is 11.5 Å². The fraction of sp³-hybridized carbons (Fsp3) is 0.600. The first-order valence-electron chi connectivity index (χ1n) is 5.92. The summed E-state index contributed by atoms with van der Waals surface area (Å²) in [4.78, 5) is 13.7. The zero-order chi connectivity index (χ0) is 14.0. The Morgan fingerprint density at radius 3 is 2.95 bits per heavy atom. The highest BCUT2D eigenvalue weighted by molar-refractivity contribution is 7.88. The summed E-state index contributed by atoms with van der Waals surface area (Å²) in [6, 6.07) is 1.23. The zero-order valence-electron chi connectivity index (χ0n) is 10.6. The van der Waals surface area contributed by atoms with Crippen LogP contribution in [0.25, 0.3) is 0 Å². The van der Waals surface area contributed by atoms with Crippen molar-refractivity contribution in [3.63, 3.8) is 0 Å². The molecule has 1 saturated heterocycles. The van der Waals surface area contributed by atoms with E-state index < -0.39 is 10.0 Å². The molecule has 1 amide bonds. The average molecular weight is 287 g/mol. The lowest BCUT2D eigenvalue weighted by Crippen LogP contribution is -2.49. The molecule has 1 aromatic rings. The number of H-pyrrole nitrogens is 1. The van der Waals surface area contributed by atoms with Crippen LogP contribution in [0.1, 0.15) is 23.3 Å². The number of sulfonamides is 1. The lowest BCUT2D eigenvalue weighted by molar-refractivity contribution is 0.0697. The summed E-state index contributed by atoms with van der Waals surface area (Å²) >= 11 is 0. The first-order chi connectivity index (χ1) is 8.85. The van der Waals surface area contributed by atoms with Gasteiger partial charge < -0.3 is 10.6 Å². The van der Waals surface area contributed by atoms with Crippen molar-refractivity contribution in [3.8, 4) is 0 Å². The van der Waals surface area contributed by atoms with Crippen LogP contribution in [0.5, 0.6) is 0 Å². The highest BCUT2D eigenvalue weighted by Gasteiger charge is 2.26. The lowest BCUT2D eigenvalue weighted by Gasteiger charge is -2.32. The molecule has 2 heterocycles. The highest BCUT2D eigenvalue weighted by Crippen LogP contribution is 2.14. The van der Waals surface area contributed by atoms with E-state index >= 15 is 0 Å². The van der Waals surface area contributed by atoms with Crippen molar-refractivity contribution in [2.75, 3.05) is 25.1 Å². The Labute approximate surface area is 111 Å². The fourth-order valence-corrected chi connectivity index (χ4v) is 2.98. The molecule has 0 aromatic carbocycles. The number of rotatable bonds is 3. The quantitative estimate of drug-likeness (QED) is 0.668. The molecule has 0 saturated carbocycles. The first-order valence-corrected chi connectivity index (χ1v) is 7.82. The van der Waals surface area contributed by atoms with Crippen molar-refractivity contribution in [2.45, 2.75) is 18.9 Å². The average Bonchev–Trinajstić information content (AvgIpc) is 2.73. The topological polar surface area (TPSA) is 121 Å². The Kier molecular flexibility index (Phi) is 3.76. The van der Waals surface area contributed by atoms with Gasteiger partial charge in [0.25, 0.3) is 5.91 Å². The second-order valence-electron chi connectivity index (χ2n) is 4.69. The normalized spacial score (nSPS) is 20.5. The maximum Gasteiger partial charge on any atom is 0.271 e. The number of nitrogens with two attached hydrogens (primary N) is 1. The summed E-state index contributed by atoms with van der Waals surface area (Å²) in [5.74, 6) is 0.0374. The molecule has 106 valence electrons. The molecular formula is C10H17N5O3S. The van der Waals surface area contributed by atoms with Crippen LogP contribution in [0, 0.1) is 0 Å². The van der Waals surface area contributed by atoms with Crippen LogP contribution in [-0.4, -0.2) is 54.8 Å². The minimum Gasteiger partial charge on any atom is -0.382 e. The third-order valence-corrected chi connectivity index (χ3v) is 3.68. The second-order valence-corrected chi connectivity index (χ2v) is 6.47. The van der Waals surface area contributed by atoms with Gasteiger partial charge >= 0.3 is 0 Å². The van der Waals surface area contributed by atoms with Gasteiger partial charge in [-0.1, -0.05) is 0 Å². The van der Waals surface area contributed by atoms with Gasteiger partial charge in [-0.05, 0) is 12.8 Å². The number of aromatic amines is 1. The number of piperidine rings is 1. The van der Waals surface area contributed by atoms with E-state index in [1.54, 1.807) is 4.90 Å². The standard InChI is InChI=1S/C10H17N5O3S/c1-19(17,18)14-7-3-2-4-15(6-7)10(16)8-5-9(11)13-12-8/h5,7,14H,2-4,6H2,1H3,(H3,11,12,13). The number of carbonyl (C=O) groups is 1. The van der Waals surface area contributed by atoms with E-state index in [4.69, 9.17) is 5.73 Å². The first kappa shape index (κ1) is 13.8. The second kappa shape index (κ2) is 5.17. The van der Waals surface area contributed by atoms with Crippen LogP contribution in [0.3, 0.4) is 0 Å². The van der Waals surface area contributed by atoms with E-state index in [0.717, 1.165) is 19.1 Å². The molecule has 1 atom stereocenters. The van der Waals surface area contributed by atoms with E-state index in [1.807, 2.05) is 0 Å². The number of carbonyl (C=O) groups excluding carboxylic acids is 1. The van der Waals surface area contributed by atoms with E-state index in [1.165, 1.54) is 6.07 Å². The minimum absolute atomic E-state index is 0.218. The van der Waals surface area contributed by atoms with E-state index in [9.17, 15) is 13.2 Å². The molecule has 9 heteroatoms. The van der Waals surface area contributed by atoms with Gasteiger partial charge in [-0.2, -0.15) is 5.10 Å². The SMILES string of the molecule is CS(=O)(=O)NC1CCCN(C(=O)c2cc(N)n[nH]2)C1. The fourth-order valence-electron chi connectivity index (χ4n) is 2.18. The van der Waals surface area contributed by atoms with Crippen LogP contribution in [0.4, 0.5) is 5.82 Å². The largest absolute Gasteiger partial charge is 0.382 e. The molecule has 1 aliphatic rings. The molecule has 0 aliphatic carbocycles. The number of hydrogen-bond acceptors (Lipinski definition) is 5. The number of nitrogen functional groups attached to an aromatic ring is 1. The molecule has 1 unspecified atom stereocenters. The molecule has 1 fully saturated rings. The van der Waals surface area contributed by atoms with Gasteiger partial charge in [0.2, 0.25) is 10.0 Å². The van der Waals surface area contributed by atoms with Crippen molar-refractivity contribution in [2.24, 2.45) is 0 Å². The van der Waals surface area contributed by atoms with Crippen molar-refractivity contribution in [1.82, 2.24) is 19.8 Å². The van der Waals surface area contributed by atoms with Crippen LogP contribution in [-0.2, 0) is 10.0 Å². The number of likely N-dealkylation sites (tertiary alicyclic amines) is 1. The third kappa shape index (κ3) is 3.67. The molecule has 0 bridgehead atoms. The Balaban J connectivity index is 2.03. The Hall–Kier alpha value is -1.61. The number of amides is 1. The maximum absolute atomic E-state index is 12.1. The summed E-state index contributed by atoms with van der Waals surface area (Å²) in [6.07, 6.45) is 2.59. The smallest absolute Gasteiger partial charge is 0.271 e. The Morgan fingerprint density at radius 1 is 1.63 bits per heavy atom. The van der Waals surface area contributed by atoms with Gasteiger partial charge in [-0.25, -0.2) is 13.1 Å². The van der Waals surface area contributed by atoms with Crippen LogP contribution < -0.4 is 10.5 Å². The van der Waals surface area contributed by atoms with Crippen LogP contribution in [0.2, 0.25) is 0 Å². The summed E-state index contributed by atoms with van der Waals surface area (Å²) in [5.41, 5.74) is 5.77. The van der Waals surface area contributed by atoms with E-state index in [2.05, 4.69) is 14.9 Å². The molecule has 8 nitrogen and oxygen atoms in total. The zero-order valence-corrected chi connectivity index (χ0v) is 11.4. The Morgan fingerprint density at radius 2 is 2.37 bits per heavy atom.